The molecule has 2 N–H and O–H groups in total. The van der Waals surface area contributed by atoms with E-state index in [0.717, 1.165) is 38.2 Å². The zero-order chi connectivity index (χ0) is 13.2. The van der Waals surface area contributed by atoms with Crippen molar-refractivity contribution in [3.63, 3.8) is 0 Å². The average Bonchev–Trinajstić information content (AvgIpc) is 2.28. The van der Waals surface area contributed by atoms with Crippen molar-refractivity contribution in [1.29, 1.82) is 0 Å². The van der Waals surface area contributed by atoms with E-state index < -0.39 is 0 Å². The van der Waals surface area contributed by atoms with Gasteiger partial charge in [-0.25, -0.2) is 0 Å². The molecule has 0 radical (unpaired) electrons. The molecule has 110 valence electrons. The van der Waals surface area contributed by atoms with Crippen LogP contribution in [0.3, 0.4) is 0 Å². The Kier molecular flexibility index (Phi) is 7.45. The second kappa shape index (κ2) is 7.79. The molecular formula is C15H25BN2O2. The zero-order valence-electron chi connectivity index (χ0n) is 12.7. The van der Waals surface area contributed by atoms with Crippen molar-refractivity contribution in [2.24, 2.45) is 0 Å². The third kappa shape index (κ3) is 5.25. The quantitative estimate of drug-likeness (QED) is 0.757. The van der Waals surface area contributed by atoms with E-state index in [1.807, 2.05) is 12.1 Å². The molecule has 0 aliphatic carbocycles. The Bertz CT molecular complexity index is 399. The predicted molar refractivity (Wildman–Crippen MR) is 82.3 cm³/mol. The molecule has 1 aliphatic rings. The van der Waals surface area contributed by atoms with Crippen molar-refractivity contribution in [3.05, 3.63) is 29.8 Å². The van der Waals surface area contributed by atoms with Gasteiger partial charge in [-0.3, -0.25) is 0 Å². The van der Waals surface area contributed by atoms with Gasteiger partial charge in [0.2, 0.25) is 0 Å². The molecule has 5 heteroatoms. The summed E-state index contributed by atoms with van der Waals surface area (Å²) in [5.74, 6) is 0. The van der Waals surface area contributed by atoms with Crippen LogP contribution in [0.25, 0.3) is 0 Å². The normalized spacial score (nSPS) is 17.2. The molecule has 1 aromatic carbocycles. The van der Waals surface area contributed by atoms with Crippen LogP contribution in [0.1, 0.15) is 26.3 Å². The van der Waals surface area contributed by atoms with Gasteiger partial charge in [0.15, 0.2) is 0 Å². The van der Waals surface area contributed by atoms with Crippen LogP contribution in [0.15, 0.2) is 24.3 Å². The van der Waals surface area contributed by atoms with Crippen LogP contribution >= 0.6 is 0 Å². The van der Waals surface area contributed by atoms with Crippen molar-refractivity contribution in [3.8, 4) is 0 Å². The summed E-state index contributed by atoms with van der Waals surface area (Å²) in [4.78, 5) is 5.07. The largest absolute Gasteiger partial charge is 0.870 e. The Morgan fingerprint density at radius 3 is 2.15 bits per heavy atom. The number of hydrogen-bond donors (Lipinski definition) is 0. The Morgan fingerprint density at radius 1 is 1.05 bits per heavy atom. The molecule has 20 heavy (non-hydrogen) atoms. The summed E-state index contributed by atoms with van der Waals surface area (Å²) < 4.78 is 0. The zero-order valence-corrected chi connectivity index (χ0v) is 12.7. The van der Waals surface area contributed by atoms with Gasteiger partial charge in [0.1, 0.15) is 0 Å². The summed E-state index contributed by atoms with van der Waals surface area (Å²) in [7, 11) is 5.82. The van der Waals surface area contributed by atoms with Crippen LogP contribution in [0, 0.1) is 0 Å². The molecule has 0 bridgehead atoms. The first-order valence-electron chi connectivity index (χ1n) is 6.77. The van der Waals surface area contributed by atoms with Crippen LogP contribution in [0.5, 0.6) is 0 Å². The van der Waals surface area contributed by atoms with Gasteiger partial charge in [0.25, 0.3) is 0 Å². The van der Waals surface area contributed by atoms with Crippen LogP contribution in [-0.4, -0.2) is 60.3 Å². The van der Waals surface area contributed by atoms with Gasteiger partial charge in [-0.2, -0.15) is 0 Å². The molecule has 0 amide bonds. The van der Waals surface area contributed by atoms with E-state index >= 15 is 0 Å². The van der Waals surface area contributed by atoms with Crippen LogP contribution in [0.2, 0.25) is 0 Å². The minimum absolute atomic E-state index is 0. The summed E-state index contributed by atoms with van der Waals surface area (Å²) in [6, 6.07) is 8.22. The van der Waals surface area contributed by atoms with Gasteiger partial charge in [-0.05, 0) is 0 Å². The molecule has 2 rings (SSSR count). The number of piperazine rings is 1. The van der Waals surface area contributed by atoms with Crippen molar-refractivity contribution >= 4 is 13.3 Å². The minimum atomic E-state index is 0. The van der Waals surface area contributed by atoms with E-state index in [1.54, 1.807) is 0 Å². The molecule has 0 aromatic heterocycles. The van der Waals surface area contributed by atoms with Crippen LogP contribution in [-0.2, 0) is 6.54 Å². The topological polar surface area (TPSA) is 66.5 Å². The first-order chi connectivity index (χ1) is 8.45. The van der Waals surface area contributed by atoms with Crippen molar-refractivity contribution < 1.29 is 11.0 Å². The Morgan fingerprint density at radius 2 is 1.65 bits per heavy atom. The summed E-state index contributed by atoms with van der Waals surface area (Å²) in [6.07, 6.45) is 0. The first kappa shape index (κ1) is 19.1. The molecule has 0 unspecified atom stereocenters. The summed E-state index contributed by atoms with van der Waals surface area (Å²) >= 11 is 0. The molecule has 1 fully saturated rings. The number of benzene rings is 1. The maximum absolute atomic E-state index is 5.82. The van der Waals surface area contributed by atoms with E-state index in [-0.39, 0.29) is 11.0 Å². The molecule has 1 saturated heterocycles. The van der Waals surface area contributed by atoms with Gasteiger partial charge < -0.3 is 11.0 Å². The monoisotopic (exact) mass is 276 g/mol. The van der Waals surface area contributed by atoms with E-state index in [2.05, 4.69) is 42.7 Å². The molecule has 0 saturated carbocycles. The molecule has 0 atom stereocenters. The van der Waals surface area contributed by atoms with E-state index in [9.17, 15) is 0 Å². The minimum Gasteiger partial charge on any atom is -0.870 e. The maximum Gasteiger partial charge on any atom is -0.870 e. The van der Waals surface area contributed by atoms with Crippen molar-refractivity contribution in [2.75, 3.05) is 26.2 Å². The van der Waals surface area contributed by atoms with Crippen LogP contribution in [0.4, 0.5) is 0 Å². The summed E-state index contributed by atoms with van der Waals surface area (Å²) in [5, 5.41) is 0. The molecule has 1 heterocycles. The standard InChI is InChI=1S/C15H23BN2.2H2O/c1-15(2,3)18-9-7-17(8-10-18)12-13-5-4-6-14(16)11-13;;/h4-6,11H,7-10,12H2,1-3H3;2*1H2/q+2;;/p-2. The SMILES string of the molecule is [B+2]c1cccc(CN2CCN(C(C)(C)C)CC2)c1.[OH-].[OH-]. The van der Waals surface area contributed by atoms with Gasteiger partial charge >= 0.3 is 112 Å². The van der Waals surface area contributed by atoms with Crippen molar-refractivity contribution in [2.45, 2.75) is 32.9 Å². The molecule has 1 aliphatic heterocycles. The van der Waals surface area contributed by atoms with E-state index in [1.165, 1.54) is 5.56 Å². The first-order valence-corrected chi connectivity index (χ1v) is 6.77. The van der Waals surface area contributed by atoms with Crippen LogP contribution < -0.4 is 5.46 Å². The number of hydrogen-bond acceptors (Lipinski definition) is 4. The average molecular weight is 276 g/mol. The number of rotatable bonds is 2. The predicted octanol–water partition coefficient (Wildman–Crippen LogP) is 1.04. The van der Waals surface area contributed by atoms with Gasteiger partial charge in [-0.15, -0.1) is 0 Å². The van der Waals surface area contributed by atoms with Gasteiger partial charge in [0, 0.05) is 0 Å². The van der Waals surface area contributed by atoms with E-state index in [0.29, 0.717) is 5.54 Å². The maximum atomic E-state index is 5.82. The summed E-state index contributed by atoms with van der Waals surface area (Å²) in [5.41, 5.74) is 2.48. The fraction of sp³-hybridized carbons (Fsp3) is 0.600. The Hall–Kier alpha value is -0.875. The van der Waals surface area contributed by atoms with Gasteiger partial charge in [0.05, 0.1) is 0 Å². The molecular weight excluding hydrogens is 251 g/mol. The fourth-order valence-corrected chi connectivity index (χ4v) is 2.53. The number of nitrogens with zero attached hydrogens (tertiary/aromatic N) is 2. The summed E-state index contributed by atoms with van der Waals surface area (Å²) in [6.45, 7) is 12.5. The Labute approximate surface area is 123 Å². The molecule has 4 nitrogen and oxygen atoms in total. The van der Waals surface area contributed by atoms with Crippen molar-refractivity contribution in [1.82, 2.24) is 9.80 Å². The second-order valence-corrected chi connectivity index (χ2v) is 6.18. The molecule has 0 spiro atoms. The smallest absolute Gasteiger partial charge is 0.870 e. The van der Waals surface area contributed by atoms with E-state index in [4.69, 9.17) is 7.85 Å². The second-order valence-electron chi connectivity index (χ2n) is 6.18. The fourth-order valence-electron chi connectivity index (χ4n) is 2.53. The van der Waals surface area contributed by atoms with Gasteiger partial charge in [-0.1, -0.05) is 0 Å². The third-order valence-corrected chi connectivity index (χ3v) is 3.68. The molecule has 1 aromatic rings. The Balaban J connectivity index is 0.00000180. The third-order valence-electron chi connectivity index (χ3n) is 3.68.